The number of amides is 2. The van der Waals surface area contributed by atoms with Gasteiger partial charge in [0.15, 0.2) is 0 Å². The van der Waals surface area contributed by atoms with Gasteiger partial charge in [0.1, 0.15) is 0 Å². The lowest BCUT2D eigenvalue weighted by atomic mass is 9.86. The first-order chi connectivity index (χ1) is 13.6. The summed E-state index contributed by atoms with van der Waals surface area (Å²) in [5.74, 6) is 0.188. The van der Waals surface area contributed by atoms with Crippen LogP contribution in [0.3, 0.4) is 0 Å². The number of carbonyl (C=O) groups excluding carboxylic acids is 2. The lowest BCUT2D eigenvalue weighted by Gasteiger charge is -2.25. The zero-order valence-electron chi connectivity index (χ0n) is 15.7. The van der Waals surface area contributed by atoms with Crippen LogP contribution < -0.4 is 0 Å². The molecule has 3 aromatic rings. The molecular formula is C23H23N3O2. The minimum atomic E-state index is 0.0400. The summed E-state index contributed by atoms with van der Waals surface area (Å²) in [6, 6.07) is 17.3. The average Bonchev–Trinajstić information content (AvgIpc) is 3.47. The third-order valence-electron chi connectivity index (χ3n) is 6.27. The molecule has 5 rings (SSSR count). The van der Waals surface area contributed by atoms with Crippen LogP contribution in [-0.4, -0.2) is 52.8 Å². The number of likely N-dealkylation sites (tertiary alicyclic amines) is 2. The minimum Gasteiger partial charge on any atom is -0.361 e. The number of aromatic nitrogens is 1. The smallest absolute Gasteiger partial charge is 0.253 e. The summed E-state index contributed by atoms with van der Waals surface area (Å²) < 4.78 is 0. The number of carbonyl (C=O) groups is 2. The predicted octanol–water partition coefficient (Wildman–Crippen LogP) is 3.55. The predicted molar refractivity (Wildman–Crippen MR) is 108 cm³/mol. The maximum absolute atomic E-state index is 13.0. The van der Waals surface area contributed by atoms with Crippen LogP contribution in [0, 0.1) is 5.41 Å². The normalized spacial score (nSPS) is 21.7. The number of H-pyrrole nitrogens is 1. The van der Waals surface area contributed by atoms with Gasteiger partial charge in [0.25, 0.3) is 11.8 Å². The van der Waals surface area contributed by atoms with Crippen molar-refractivity contribution in [3.05, 3.63) is 71.9 Å². The highest BCUT2D eigenvalue weighted by molar-refractivity contribution is 5.98. The molecule has 142 valence electrons. The van der Waals surface area contributed by atoms with Crippen LogP contribution in [-0.2, 0) is 0 Å². The van der Waals surface area contributed by atoms with Gasteiger partial charge in [-0.05, 0) is 49.2 Å². The fraction of sp³-hybridized carbons (Fsp3) is 0.304. The Hall–Kier alpha value is -3.08. The Kier molecular flexibility index (Phi) is 3.97. The Morgan fingerprint density at radius 1 is 0.821 bits per heavy atom. The van der Waals surface area contributed by atoms with E-state index in [0.29, 0.717) is 0 Å². The van der Waals surface area contributed by atoms with Crippen LogP contribution >= 0.6 is 0 Å². The minimum absolute atomic E-state index is 0.0400. The first-order valence-corrected chi connectivity index (χ1v) is 9.84. The summed E-state index contributed by atoms with van der Waals surface area (Å²) in [6.45, 7) is 3.00. The van der Waals surface area contributed by atoms with Crippen molar-refractivity contribution >= 4 is 22.7 Å². The Bertz CT molecular complexity index is 1040. The molecule has 0 saturated carbocycles. The Labute approximate surface area is 163 Å². The molecule has 1 N–H and O–H groups in total. The number of hydrogen-bond donors (Lipinski definition) is 1. The van der Waals surface area contributed by atoms with E-state index in [1.54, 1.807) is 0 Å². The van der Waals surface area contributed by atoms with Gasteiger partial charge in [-0.25, -0.2) is 0 Å². The molecule has 2 saturated heterocycles. The molecule has 0 bridgehead atoms. The maximum atomic E-state index is 13.0. The lowest BCUT2D eigenvalue weighted by Crippen LogP contribution is -2.35. The zero-order valence-corrected chi connectivity index (χ0v) is 15.7. The van der Waals surface area contributed by atoms with Crippen molar-refractivity contribution in [2.75, 3.05) is 26.2 Å². The SMILES string of the molecule is O=C(c1ccccc1)N1CCC2(CCN(C(=O)c3ccc4[nH]ccc4c3)C2)C1. The number of aromatic amines is 1. The molecule has 1 spiro atoms. The average molecular weight is 373 g/mol. The van der Waals surface area contributed by atoms with E-state index in [-0.39, 0.29) is 17.2 Å². The molecule has 5 heteroatoms. The van der Waals surface area contributed by atoms with Gasteiger partial charge in [-0.1, -0.05) is 18.2 Å². The fourth-order valence-corrected chi connectivity index (χ4v) is 4.68. The number of hydrogen-bond acceptors (Lipinski definition) is 2. The summed E-state index contributed by atoms with van der Waals surface area (Å²) >= 11 is 0. The standard InChI is InChI=1S/C23H23N3O2/c27-21(17-4-2-1-3-5-17)25-12-9-23(15-25)10-13-26(16-23)22(28)19-6-7-20-18(14-19)8-11-24-20/h1-8,11,14,24H,9-10,12-13,15-16H2. The summed E-state index contributed by atoms with van der Waals surface area (Å²) in [6.07, 6.45) is 3.82. The van der Waals surface area contributed by atoms with Gasteiger partial charge in [0, 0.05) is 59.8 Å². The summed E-state index contributed by atoms with van der Waals surface area (Å²) in [5.41, 5.74) is 2.56. The summed E-state index contributed by atoms with van der Waals surface area (Å²) in [5, 5.41) is 1.06. The van der Waals surface area contributed by atoms with Gasteiger partial charge in [-0.3, -0.25) is 9.59 Å². The Balaban J connectivity index is 1.29. The van der Waals surface area contributed by atoms with Crippen molar-refractivity contribution in [1.29, 1.82) is 0 Å². The molecule has 2 aromatic carbocycles. The van der Waals surface area contributed by atoms with Crippen molar-refractivity contribution in [2.45, 2.75) is 12.8 Å². The van der Waals surface area contributed by atoms with E-state index in [9.17, 15) is 9.59 Å². The molecule has 1 aromatic heterocycles. The number of nitrogens with zero attached hydrogens (tertiary/aromatic N) is 2. The molecule has 2 aliphatic heterocycles. The molecule has 28 heavy (non-hydrogen) atoms. The van der Waals surface area contributed by atoms with E-state index in [1.165, 1.54) is 0 Å². The van der Waals surface area contributed by atoms with E-state index >= 15 is 0 Å². The van der Waals surface area contributed by atoms with E-state index < -0.39 is 0 Å². The zero-order chi connectivity index (χ0) is 19.1. The Morgan fingerprint density at radius 2 is 1.50 bits per heavy atom. The maximum Gasteiger partial charge on any atom is 0.253 e. The van der Waals surface area contributed by atoms with Crippen LogP contribution in [0.15, 0.2) is 60.8 Å². The summed E-state index contributed by atoms with van der Waals surface area (Å²) in [7, 11) is 0. The highest BCUT2D eigenvalue weighted by atomic mass is 16.2. The molecule has 3 heterocycles. The van der Waals surface area contributed by atoms with Gasteiger partial charge in [-0.15, -0.1) is 0 Å². The monoisotopic (exact) mass is 373 g/mol. The molecule has 0 radical (unpaired) electrons. The van der Waals surface area contributed by atoms with E-state index in [2.05, 4.69) is 4.98 Å². The lowest BCUT2D eigenvalue weighted by molar-refractivity contribution is 0.0755. The van der Waals surface area contributed by atoms with Crippen molar-refractivity contribution in [1.82, 2.24) is 14.8 Å². The first-order valence-electron chi connectivity index (χ1n) is 9.84. The van der Waals surface area contributed by atoms with Crippen molar-refractivity contribution < 1.29 is 9.59 Å². The fourth-order valence-electron chi connectivity index (χ4n) is 4.68. The largest absolute Gasteiger partial charge is 0.361 e. The van der Waals surface area contributed by atoms with Crippen LogP contribution in [0.2, 0.25) is 0 Å². The van der Waals surface area contributed by atoms with Gasteiger partial charge >= 0.3 is 0 Å². The highest BCUT2D eigenvalue weighted by Crippen LogP contribution is 2.40. The molecule has 2 aliphatic rings. The first kappa shape index (κ1) is 17.0. The van der Waals surface area contributed by atoms with E-state index in [4.69, 9.17) is 0 Å². The highest BCUT2D eigenvalue weighted by Gasteiger charge is 2.46. The molecular weight excluding hydrogens is 350 g/mol. The second-order valence-electron chi connectivity index (χ2n) is 8.10. The van der Waals surface area contributed by atoms with Gasteiger partial charge in [0.05, 0.1) is 0 Å². The van der Waals surface area contributed by atoms with Crippen molar-refractivity contribution in [3.8, 4) is 0 Å². The number of fused-ring (bicyclic) bond motifs is 1. The van der Waals surface area contributed by atoms with Crippen LogP contribution in [0.4, 0.5) is 0 Å². The third-order valence-corrected chi connectivity index (χ3v) is 6.27. The molecule has 1 atom stereocenters. The van der Waals surface area contributed by atoms with Gasteiger partial charge in [-0.2, -0.15) is 0 Å². The second kappa shape index (κ2) is 6.51. The molecule has 5 nitrogen and oxygen atoms in total. The number of nitrogens with one attached hydrogen (secondary N) is 1. The third kappa shape index (κ3) is 2.87. The topological polar surface area (TPSA) is 56.4 Å². The molecule has 0 aliphatic carbocycles. The van der Waals surface area contributed by atoms with E-state index in [1.807, 2.05) is 70.6 Å². The molecule has 1 unspecified atom stereocenters. The summed E-state index contributed by atoms with van der Waals surface area (Å²) in [4.78, 5) is 32.9. The number of rotatable bonds is 2. The van der Waals surface area contributed by atoms with Crippen LogP contribution in [0.5, 0.6) is 0 Å². The van der Waals surface area contributed by atoms with Gasteiger partial charge in [0.2, 0.25) is 0 Å². The number of benzene rings is 2. The molecule has 2 fully saturated rings. The van der Waals surface area contributed by atoms with Crippen molar-refractivity contribution in [3.63, 3.8) is 0 Å². The second-order valence-corrected chi connectivity index (χ2v) is 8.10. The van der Waals surface area contributed by atoms with Crippen LogP contribution in [0.25, 0.3) is 10.9 Å². The van der Waals surface area contributed by atoms with Crippen LogP contribution in [0.1, 0.15) is 33.6 Å². The molecule has 2 amide bonds. The van der Waals surface area contributed by atoms with Gasteiger partial charge < -0.3 is 14.8 Å². The Morgan fingerprint density at radius 3 is 2.21 bits per heavy atom. The quantitative estimate of drug-likeness (QED) is 0.747. The van der Waals surface area contributed by atoms with E-state index in [0.717, 1.165) is 61.1 Å². The van der Waals surface area contributed by atoms with Crippen molar-refractivity contribution in [2.24, 2.45) is 5.41 Å².